The first-order chi connectivity index (χ1) is 11.0. The molecule has 6 nitrogen and oxygen atoms in total. The molecule has 2 aliphatic heterocycles. The molecule has 0 aliphatic carbocycles. The Kier molecular flexibility index (Phi) is 6.48. The fourth-order valence-corrected chi connectivity index (χ4v) is 4.74. The summed E-state index contributed by atoms with van der Waals surface area (Å²) in [7, 11) is -3.19. The van der Waals surface area contributed by atoms with Crippen molar-refractivity contribution in [3.63, 3.8) is 0 Å². The third-order valence-electron chi connectivity index (χ3n) is 4.46. The largest absolute Gasteiger partial charge is 0.326 e. The molecule has 1 amide bonds. The average molecular weight is 374 g/mol. The van der Waals surface area contributed by atoms with E-state index in [4.69, 9.17) is 0 Å². The molecule has 3 rings (SSSR count). The number of rotatable bonds is 5. The van der Waals surface area contributed by atoms with Crippen molar-refractivity contribution in [2.45, 2.75) is 25.7 Å². The van der Waals surface area contributed by atoms with Gasteiger partial charge in [0.1, 0.15) is 0 Å². The smallest absolute Gasteiger partial charge is 0.235 e. The van der Waals surface area contributed by atoms with Gasteiger partial charge in [0, 0.05) is 18.7 Å². The van der Waals surface area contributed by atoms with Gasteiger partial charge in [-0.15, -0.1) is 12.4 Å². The molecule has 2 aliphatic rings. The molecule has 2 saturated heterocycles. The fraction of sp³-hybridized carbons (Fsp3) is 0.562. The second kappa shape index (κ2) is 8.18. The highest BCUT2D eigenvalue weighted by Gasteiger charge is 2.28. The minimum absolute atomic E-state index is 0. The molecule has 0 bridgehead atoms. The summed E-state index contributed by atoms with van der Waals surface area (Å²) < 4.78 is 25.4. The van der Waals surface area contributed by atoms with E-state index in [-0.39, 0.29) is 24.1 Å². The van der Waals surface area contributed by atoms with Crippen LogP contribution in [0.1, 0.15) is 25.7 Å². The van der Waals surface area contributed by atoms with E-state index >= 15 is 0 Å². The van der Waals surface area contributed by atoms with Crippen LogP contribution in [0.25, 0.3) is 0 Å². The van der Waals surface area contributed by atoms with Crippen molar-refractivity contribution < 1.29 is 13.2 Å². The number of benzene rings is 1. The molecule has 24 heavy (non-hydrogen) atoms. The molecule has 0 aromatic heterocycles. The zero-order valence-electron chi connectivity index (χ0n) is 13.5. The van der Waals surface area contributed by atoms with Gasteiger partial charge in [0.25, 0.3) is 0 Å². The summed E-state index contributed by atoms with van der Waals surface area (Å²) in [5.41, 5.74) is 1.28. The zero-order valence-corrected chi connectivity index (χ0v) is 15.2. The van der Waals surface area contributed by atoms with Crippen molar-refractivity contribution >= 4 is 39.7 Å². The number of hydrogen-bond donors (Lipinski definition) is 2. The van der Waals surface area contributed by atoms with Crippen LogP contribution < -0.4 is 14.9 Å². The normalized spacial score (nSPS) is 22.2. The van der Waals surface area contributed by atoms with Crippen LogP contribution in [0.3, 0.4) is 0 Å². The van der Waals surface area contributed by atoms with Crippen LogP contribution in [0.5, 0.6) is 0 Å². The number of nitrogens with one attached hydrogen (secondary N) is 2. The summed E-state index contributed by atoms with van der Waals surface area (Å²) in [5.74, 6) is 0.763. The third-order valence-corrected chi connectivity index (χ3v) is 6.33. The van der Waals surface area contributed by atoms with Gasteiger partial charge >= 0.3 is 0 Å². The van der Waals surface area contributed by atoms with E-state index in [1.165, 1.54) is 4.31 Å². The molecule has 0 saturated carbocycles. The second-order valence-corrected chi connectivity index (χ2v) is 8.25. The minimum Gasteiger partial charge on any atom is -0.326 e. The summed E-state index contributed by atoms with van der Waals surface area (Å²) in [5, 5.41) is 6.17. The number of halogens is 1. The second-order valence-electron chi connectivity index (χ2n) is 6.24. The van der Waals surface area contributed by atoms with Gasteiger partial charge in [-0.3, -0.25) is 9.10 Å². The van der Waals surface area contributed by atoms with E-state index in [1.807, 2.05) is 0 Å². The number of carbonyl (C=O) groups is 1. The number of sulfonamides is 1. The van der Waals surface area contributed by atoms with Crippen LogP contribution in [-0.4, -0.2) is 39.7 Å². The van der Waals surface area contributed by atoms with Crippen LogP contribution in [0, 0.1) is 5.92 Å². The summed E-state index contributed by atoms with van der Waals surface area (Å²) in [4.78, 5) is 12.1. The number of nitrogens with zero attached hydrogens (tertiary/aromatic N) is 1. The molecular formula is C16H24ClN3O3S. The minimum atomic E-state index is -3.19. The van der Waals surface area contributed by atoms with Gasteiger partial charge in [-0.1, -0.05) is 6.07 Å². The molecule has 1 aromatic carbocycles. The molecule has 134 valence electrons. The van der Waals surface area contributed by atoms with Crippen LogP contribution in [0.2, 0.25) is 0 Å². The lowest BCUT2D eigenvalue weighted by Gasteiger charge is -2.18. The lowest BCUT2D eigenvalue weighted by atomic mass is 10.0. The van der Waals surface area contributed by atoms with Gasteiger partial charge in [-0.25, -0.2) is 8.42 Å². The Morgan fingerprint density at radius 1 is 1.38 bits per heavy atom. The zero-order chi connectivity index (χ0) is 16.3. The van der Waals surface area contributed by atoms with Crippen LogP contribution >= 0.6 is 12.4 Å². The topological polar surface area (TPSA) is 78.5 Å². The van der Waals surface area contributed by atoms with Crippen molar-refractivity contribution in [2.24, 2.45) is 5.92 Å². The highest BCUT2D eigenvalue weighted by atomic mass is 35.5. The van der Waals surface area contributed by atoms with Crippen LogP contribution in [-0.2, 0) is 14.8 Å². The van der Waals surface area contributed by atoms with Crippen LogP contribution in [0.4, 0.5) is 11.4 Å². The molecule has 1 atom stereocenters. The summed E-state index contributed by atoms with van der Waals surface area (Å²) >= 11 is 0. The molecule has 1 aromatic rings. The Morgan fingerprint density at radius 3 is 2.88 bits per heavy atom. The Morgan fingerprint density at radius 2 is 2.21 bits per heavy atom. The quantitative estimate of drug-likeness (QED) is 0.827. The van der Waals surface area contributed by atoms with Crippen molar-refractivity contribution in [1.29, 1.82) is 0 Å². The maximum atomic E-state index is 12.1. The molecule has 2 N–H and O–H groups in total. The lowest BCUT2D eigenvalue weighted by Crippen LogP contribution is -2.25. The van der Waals surface area contributed by atoms with E-state index in [0.29, 0.717) is 36.7 Å². The summed E-state index contributed by atoms with van der Waals surface area (Å²) in [6.45, 7) is 2.54. The SMILES string of the molecule is Cl.O=C(CCC1CCNC1)Nc1cccc(N2CCCS2(=O)=O)c1. The van der Waals surface area contributed by atoms with Crippen molar-refractivity contribution in [3.05, 3.63) is 24.3 Å². The summed E-state index contributed by atoms with van der Waals surface area (Å²) in [6.07, 6.45) is 3.17. The van der Waals surface area contributed by atoms with E-state index in [9.17, 15) is 13.2 Å². The van der Waals surface area contributed by atoms with E-state index in [0.717, 1.165) is 25.9 Å². The number of anilines is 2. The van der Waals surface area contributed by atoms with Crippen molar-refractivity contribution in [3.8, 4) is 0 Å². The Hall–Kier alpha value is -1.31. The molecule has 2 fully saturated rings. The Balaban J connectivity index is 0.00000208. The number of amides is 1. The van der Waals surface area contributed by atoms with E-state index in [2.05, 4.69) is 10.6 Å². The number of carbonyl (C=O) groups excluding carboxylic acids is 1. The predicted octanol–water partition coefficient (Wildman–Crippen LogP) is 1.98. The van der Waals surface area contributed by atoms with Gasteiger partial charge in [0.05, 0.1) is 11.4 Å². The molecule has 2 heterocycles. The molecule has 0 spiro atoms. The molecular weight excluding hydrogens is 350 g/mol. The van der Waals surface area contributed by atoms with Gasteiger partial charge in [-0.05, 0) is 56.5 Å². The Bertz CT molecular complexity index is 675. The van der Waals surface area contributed by atoms with Gasteiger partial charge in [-0.2, -0.15) is 0 Å². The van der Waals surface area contributed by atoms with Crippen molar-refractivity contribution in [2.75, 3.05) is 35.0 Å². The van der Waals surface area contributed by atoms with Crippen LogP contribution in [0.15, 0.2) is 24.3 Å². The third kappa shape index (κ3) is 4.62. The first kappa shape index (κ1) is 19.0. The fourth-order valence-electron chi connectivity index (χ4n) is 3.19. The molecule has 0 radical (unpaired) electrons. The highest BCUT2D eigenvalue weighted by molar-refractivity contribution is 7.93. The monoisotopic (exact) mass is 373 g/mol. The van der Waals surface area contributed by atoms with Gasteiger partial charge in [0.2, 0.25) is 15.9 Å². The maximum Gasteiger partial charge on any atom is 0.235 e. The number of hydrogen-bond acceptors (Lipinski definition) is 4. The van der Waals surface area contributed by atoms with E-state index < -0.39 is 10.0 Å². The Labute approximate surface area is 149 Å². The van der Waals surface area contributed by atoms with Gasteiger partial charge < -0.3 is 10.6 Å². The van der Waals surface area contributed by atoms with Crippen molar-refractivity contribution in [1.82, 2.24) is 5.32 Å². The predicted molar refractivity (Wildman–Crippen MR) is 98.3 cm³/mol. The average Bonchev–Trinajstić information content (AvgIpc) is 3.14. The lowest BCUT2D eigenvalue weighted by molar-refractivity contribution is -0.116. The first-order valence-electron chi connectivity index (χ1n) is 8.16. The highest BCUT2D eigenvalue weighted by Crippen LogP contribution is 2.26. The van der Waals surface area contributed by atoms with Gasteiger partial charge in [0.15, 0.2) is 0 Å². The summed E-state index contributed by atoms with van der Waals surface area (Å²) in [6, 6.07) is 7.07. The van der Waals surface area contributed by atoms with E-state index in [1.54, 1.807) is 24.3 Å². The standard InChI is InChI=1S/C16H23N3O3S.ClH/c20-16(6-5-13-7-8-17-12-13)18-14-3-1-4-15(11-14)19-9-2-10-23(19,21)22;/h1,3-4,11,13,17H,2,5-10,12H2,(H,18,20);1H. The first-order valence-corrected chi connectivity index (χ1v) is 9.76. The maximum absolute atomic E-state index is 12.1. The molecule has 1 unspecified atom stereocenters. The molecule has 8 heteroatoms.